The van der Waals surface area contributed by atoms with Gasteiger partial charge in [-0.25, -0.2) is 4.98 Å². The molecule has 2 rings (SSSR count). The van der Waals surface area contributed by atoms with E-state index in [1.54, 1.807) is 32.5 Å². The summed E-state index contributed by atoms with van der Waals surface area (Å²) in [5.74, 6) is 2.03. The lowest BCUT2D eigenvalue weighted by Crippen LogP contribution is -2.05. The van der Waals surface area contributed by atoms with Gasteiger partial charge in [0, 0.05) is 18.0 Å². The van der Waals surface area contributed by atoms with Gasteiger partial charge in [0.2, 0.25) is 0 Å². The lowest BCUT2D eigenvalue weighted by molar-refractivity contribution is 0.285. The van der Waals surface area contributed by atoms with Crippen LogP contribution in [0.5, 0.6) is 17.2 Å². The Hall–Kier alpha value is -2.50. The van der Waals surface area contributed by atoms with Crippen LogP contribution in [0.4, 0.5) is 5.82 Å². The summed E-state index contributed by atoms with van der Waals surface area (Å²) in [5, 5.41) is 0. The van der Waals surface area contributed by atoms with Crippen molar-refractivity contribution in [2.45, 2.75) is 13.5 Å². The maximum absolute atomic E-state index is 5.80. The third kappa shape index (κ3) is 2.90. The van der Waals surface area contributed by atoms with Crippen LogP contribution < -0.4 is 19.9 Å². The number of nitrogens with zero attached hydrogens (tertiary/aromatic N) is 2. The summed E-state index contributed by atoms with van der Waals surface area (Å²) < 4.78 is 16.1. The van der Waals surface area contributed by atoms with E-state index < -0.39 is 0 Å². The number of anilines is 1. The molecule has 0 atom stereocenters. The zero-order valence-electron chi connectivity index (χ0n) is 11.7. The molecule has 20 heavy (non-hydrogen) atoms. The Bertz CT molecular complexity index is 602. The van der Waals surface area contributed by atoms with Crippen LogP contribution in [0, 0.1) is 6.92 Å². The minimum atomic E-state index is 0.218. The Labute approximate surface area is 117 Å². The Kier molecular flexibility index (Phi) is 4.24. The Morgan fingerprint density at radius 3 is 2.55 bits per heavy atom. The second-order valence-electron chi connectivity index (χ2n) is 4.12. The van der Waals surface area contributed by atoms with Gasteiger partial charge in [0.25, 0.3) is 0 Å². The first-order valence-corrected chi connectivity index (χ1v) is 6.07. The minimum absolute atomic E-state index is 0.218. The molecule has 2 aromatic rings. The maximum Gasteiger partial charge on any atom is 0.185 e. The van der Waals surface area contributed by atoms with Crippen molar-refractivity contribution in [3.8, 4) is 17.2 Å². The number of pyridine rings is 2. The van der Waals surface area contributed by atoms with Crippen molar-refractivity contribution in [1.29, 1.82) is 0 Å². The first-order valence-electron chi connectivity index (χ1n) is 6.07. The van der Waals surface area contributed by atoms with E-state index >= 15 is 0 Å². The highest BCUT2D eigenvalue weighted by atomic mass is 16.5. The molecule has 0 fully saturated rings. The molecule has 0 amide bonds. The molecule has 106 valence electrons. The second kappa shape index (κ2) is 6.10. The van der Waals surface area contributed by atoms with Gasteiger partial charge in [-0.2, -0.15) is 0 Å². The molecule has 0 aliphatic heterocycles. The number of rotatable bonds is 5. The Morgan fingerprint density at radius 1 is 1.10 bits per heavy atom. The van der Waals surface area contributed by atoms with Crippen molar-refractivity contribution in [3.63, 3.8) is 0 Å². The second-order valence-corrected chi connectivity index (χ2v) is 4.12. The van der Waals surface area contributed by atoms with Crippen molar-refractivity contribution in [3.05, 3.63) is 35.8 Å². The van der Waals surface area contributed by atoms with E-state index in [0.29, 0.717) is 28.8 Å². The number of methoxy groups -OCH3 is 2. The van der Waals surface area contributed by atoms with E-state index in [9.17, 15) is 0 Å². The summed E-state index contributed by atoms with van der Waals surface area (Å²) in [6.45, 7) is 2.09. The number of hydrogen-bond acceptors (Lipinski definition) is 6. The normalized spacial score (nSPS) is 10.2. The van der Waals surface area contributed by atoms with Crippen LogP contribution >= 0.6 is 0 Å². The fourth-order valence-electron chi connectivity index (χ4n) is 1.79. The predicted molar refractivity (Wildman–Crippen MR) is 75.1 cm³/mol. The standard InChI is InChI=1S/C14H17N3O3/c1-9-4-5-12(14(15)17-9)20-8-10-13(19-3)11(18-2)6-7-16-10/h4-7H,8H2,1-3H3,(H2,15,17). The highest BCUT2D eigenvalue weighted by Crippen LogP contribution is 2.30. The Morgan fingerprint density at radius 2 is 1.90 bits per heavy atom. The lowest BCUT2D eigenvalue weighted by atomic mass is 10.3. The van der Waals surface area contributed by atoms with E-state index in [2.05, 4.69) is 9.97 Å². The van der Waals surface area contributed by atoms with Crippen LogP contribution in [0.1, 0.15) is 11.4 Å². The van der Waals surface area contributed by atoms with Gasteiger partial charge in [-0.15, -0.1) is 0 Å². The van der Waals surface area contributed by atoms with Crippen LogP contribution in [0.25, 0.3) is 0 Å². The van der Waals surface area contributed by atoms with E-state index in [1.165, 1.54) is 0 Å². The van der Waals surface area contributed by atoms with Gasteiger partial charge in [-0.05, 0) is 19.1 Å². The van der Waals surface area contributed by atoms with E-state index in [4.69, 9.17) is 19.9 Å². The van der Waals surface area contributed by atoms with Gasteiger partial charge in [0.05, 0.1) is 14.2 Å². The molecule has 0 unspecified atom stereocenters. The molecule has 0 aliphatic rings. The van der Waals surface area contributed by atoms with Gasteiger partial charge in [0.15, 0.2) is 23.1 Å². The van der Waals surface area contributed by atoms with Crippen LogP contribution in [0.3, 0.4) is 0 Å². The van der Waals surface area contributed by atoms with Crippen LogP contribution in [0.2, 0.25) is 0 Å². The number of aromatic nitrogens is 2. The zero-order valence-corrected chi connectivity index (χ0v) is 11.7. The highest BCUT2D eigenvalue weighted by Gasteiger charge is 2.12. The monoisotopic (exact) mass is 275 g/mol. The molecule has 0 radical (unpaired) electrons. The zero-order chi connectivity index (χ0) is 14.5. The summed E-state index contributed by atoms with van der Waals surface area (Å²) in [4.78, 5) is 8.37. The van der Waals surface area contributed by atoms with Crippen molar-refractivity contribution in [2.75, 3.05) is 20.0 Å². The Balaban J connectivity index is 2.18. The number of hydrogen-bond donors (Lipinski definition) is 1. The van der Waals surface area contributed by atoms with Crippen LogP contribution in [-0.4, -0.2) is 24.2 Å². The van der Waals surface area contributed by atoms with E-state index in [1.807, 2.05) is 13.0 Å². The summed E-state index contributed by atoms with van der Waals surface area (Å²) in [7, 11) is 3.13. The molecule has 6 heteroatoms. The summed E-state index contributed by atoms with van der Waals surface area (Å²) in [5.41, 5.74) is 7.27. The molecular weight excluding hydrogens is 258 g/mol. The van der Waals surface area contributed by atoms with Crippen molar-refractivity contribution in [2.24, 2.45) is 0 Å². The van der Waals surface area contributed by atoms with Gasteiger partial charge < -0.3 is 19.9 Å². The predicted octanol–water partition coefficient (Wildman–Crippen LogP) is 1.96. The molecule has 0 saturated carbocycles. The lowest BCUT2D eigenvalue weighted by Gasteiger charge is -2.13. The summed E-state index contributed by atoms with van der Waals surface area (Å²) in [6, 6.07) is 5.34. The SMILES string of the molecule is COc1ccnc(COc2ccc(C)nc2N)c1OC. The average molecular weight is 275 g/mol. The molecule has 0 aliphatic carbocycles. The summed E-state index contributed by atoms with van der Waals surface area (Å²) >= 11 is 0. The van der Waals surface area contributed by atoms with Crippen LogP contribution in [-0.2, 0) is 6.61 Å². The molecule has 0 aromatic carbocycles. The third-order valence-electron chi connectivity index (χ3n) is 2.76. The number of aryl methyl sites for hydroxylation is 1. The molecular formula is C14H17N3O3. The van der Waals surface area contributed by atoms with Crippen molar-refractivity contribution < 1.29 is 14.2 Å². The van der Waals surface area contributed by atoms with Crippen LogP contribution in [0.15, 0.2) is 24.4 Å². The molecule has 0 saturated heterocycles. The molecule has 6 nitrogen and oxygen atoms in total. The quantitative estimate of drug-likeness (QED) is 0.898. The topological polar surface area (TPSA) is 79.5 Å². The van der Waals surface area contributed by atoms with E-state index in [-0.39, 0.29) is 6.61 Å². The molecule has 2 heterocycles. The largest absolute Gasteiger partial charge is 0.493 e. The minimum Gasteiger partial charge on any atom is -0.493 e. The number of ether oxygens (including phenoxy) is 3. The van der Waals surface area contributed by atoms with Crippen molar-refractivity contribution in [1.82, 2.24) is 9.97 Å². The fraction of sp³-hybridized carbons (Fsp3) is 0.286. The third-order valence-corrected chi connectivity index (χ3v) is 2.76. The average Bonchev–Trinajstić information content (AvgIpc) is 2.45. The molecule has 2 N–H and O–H groups in total. The van der Waals surface area contributed by atoms with Gasteiger partial charge >= 0.3 is 0 Å². The summed E-state index contributed by atoms with van der Waals surface area (Å²) in [6.07, 6.45) is 1.64. The van der Waals surface area contributed by atoms with Gasteiger partial charge in [-0.3, -0.25) is 4.98 Å². The van der Waals surface area contributed by atoms with Gasteiger partial charge in [-0.1, -0.05) is 0 Å². The fourth-order valence-corrected chi connectivity index (χ4v) is 1.79. The highest BCUT2D eigenvalue weighted by molar-refractivity contribution is 5.47. The van der Waals surface area contributed by atoms with Crippen molar-refractivity contribution >= 4 is 5.82 Å². The maximum atomic E-state index is 5.80. The molecule has 0 spiro atoms. The molecule has 0 bridgehead atoms. The van der Waals surface area contributed by atoms with E-state index in [0.717, 1.165) is 5.69 Å². The number of nitrogen functional groups attached to an aromatic ring is 1. The first kappa shape index (κ1) is 13.9. The first-order chi connectivity index (χ1) is 9.65. The molecule has 2 aromatic heterocycles. The van der Waals surface area contributed by atoms with Gasteiger partial charge in [0.1, 0.15) is 12.3 Å². The number of nitrogens with two attached hydrogens (primary N) is 1. The smallest absolute Gasteiger partial charge is 0.185 e.